The molecule has 2 amide bonds. The van der Waals surface area contributed by atoms with Gasteiger partial charge >= 0.3 is 0 Å². The summed E-state index contributed by atoms with van der Waals surface area (Å²) in [6, 6.07) is 5.93. The molecule has 1 aromatic heterocycles. The van der Waals surface area contributed by atoms with Gasteiger partial charge in [0.05, 0.1) is 18.8 Å². The molecular formula is C20H25N3O4S. The second kappa shape index (κ2) is 8.28. The van der Waals surface area contributed by atoms with Crippen LogP contribution in [0.2, 0.25) is 0 Å². The molecule has 8 heteroatoms. The van der Waals surface area contributed by atoms with Gasteiger partial charge in [-0.2, -0.15) is 0 Å². The van der Waals surface area contributed by atoms with Crippen LogP contribution in [-0.4, -0.2) is 43.7 Å². The lowest BCUT2D eigenvalue weighted by atomic mass is 9.86. The lowest BCUT2D eigenvalue weighted by molar-refractivity contribution is -0.121. The first kappa shape index (κ1) is 20.3. The third-order valence-electron chi connectivity index (χ3n) is 4.44. The highest BCUT2D eigenvalue weighted by Gasteiger charge is 2.28. The Labute approximate surface area is 168 Å². The lowest BCUT2D eigenvalue weighted by Crippen LogP contribution is -2.38. The molecule has 2 aromatic rings. The van der Waals surface area contributed by atoms with Crippen molar-refractivity contribution in [3.8, 4) is 5.75 Å². The monoisotopic (exact) mass is 403 g/mol. The molecule has 1 N–H and O–H groups in total. The van der Waals surface area contributed by atoms with Crippen LogP contribution in [0.3, 0.4) is 0 Å². The fraction of sp³-hybridized carbons (Fsp3) is 0.450. The summed E-state index contributed by atoms with van der Waals surface area (Å²) in [6.45, 7) is 7.54. The largest absolute Gasteiger partial charge is 0.482 e. The normalized spacial score (nSPS) is 13.9. The number of carbonyl (C=O) groups is 2. The quantitative estimate of drug-likeness (QED) is 0.750. The summed E-state index contributed by atoms with van der Waals surface area (Å²) in [7, 11) is 1.58. The van der Waals surface area contributed by atoms with Crippen molar-refractivity contribution in [3.63, 3.8) is 0 Å². The van der Waals surface area contributed by atoms with Crippen molar-refractivity contribution in [3.05, 3.63) is 39.8 Å². The van der Waals surface area contributed by atoms with Gasteiger partial charge in [-0.05, 0) is 23.1 Å². The number of amides is 2. The smallest absolute Gasteiger partial charge is 0.270 e. The van der Waals surface area contributed by atoms with Crippen LogP contribution in [-0.2, 0) is 21.5 Å². The number of rotatable bonds is 6. The number of thiazole rings is 1. The summed E-state index contributed by atoms with van der Waals surface area (Å²) in [5.74, 6) is 0.310. The van der Waals surface area contributed by atoms with Gasteiger partial charge in [-0.25, -0.2) is 4.98 Å². The first-order valence-corrected chi connectivity index (χ1v) is 9.97. The summed E-state index contributed by atoms with van der Waals surface area (Å²) in [4.78, 5) is 30.7. The molecular weight excluding hydrogens is 378 g/mol. The van der Waals surface area contributed by atoms with Crippen LogP contribution < -0.4 is 15.0 Å². The van der Waals surface area contributed by atoms with Crippen LogP contribution in [0.25, 0.3) is 0 Å². The van der Waals surface area contributed by atoms with E-state index in [-0.39, 0.29) is 23.8 Å². The Morgan fingerprint density at radius 3 is 2.89 bits per heavy atom. The molecule has 0 saturated carbocycles. The molecule has 1 aliphatic rings. The molecule has 1 aromatic carbocycles. The Morgan fingerprint density at radius 1 is 1.39 bits per heavy atom. The Morgan fingerprint density at radius 2 is 2.18 bits per heavy atom. The third-order valence-corrected chi connectivity index (χ3v) is 5.27. The third kappa shape index (κ3) is 4.51. The molecule has 0 fully saturated rings. The van der Waals surface area contributed by atoms with Crippen LogP contribution in [0.15, 0.2) is 23.6 Å². The summed E-state index contributed by atoms with van der Waals surface area (Å²) < 4.78 is 10.5. The maximum absolute atomic E-state index is 12.5. The number of aromatic nitrogens is 1. The highest BCUT2D eigenvalue weighted by molar-refractivity contribution is 7.09. The average molecular weight is 404 g/mol. The first-order chi connectivity index (χ1) is 13.3. The molecule has 0 radical (unpaired) electrons. The number of methoxy groups -OCH3 is 1. The fourth-order valence-corrected chi connectivity index (χ4v) is 3.58. The van der Waals surface area contributed by atoms with E-state index >= 15 is 0 Å². The molecule has 1 aliphatic heterocycles. The van der Waals surface area contributed by atoms with Gasteiger partial charge in [0, 0.05) is 19.0 Å². The number of carbonyl (C=O) groups excluding carboxylic acids is 2. The standard InChI is InChI=1S/C20H25N3O4S/c1-20(2,3)13-5-6-16-15(9-13)23(18(24)11-27-16)10-17-22-14(12-28-17)19(25)21-7-8-26-4/h5-6,9,12H,7-8,10-11H2,1-4H3,(H,21,25). The summed E-state index contributed by atoms with van der Waals surface area (Å²) in [5.41, 5.74) is 2.16. The number of anilines is 1. The van der Waals surface area contributed by atoms with Crippen molar-refractivity contribution in [1.29, 1.82) is 0 Å². The summed E-state index contributed by atoms with van der Waals surface area (Å²) in [6.07, 6.45) is 0. The van der Waals surface area contributed by atoms with Gasteiger partial charge in [0.25, 0.3) is 11.8 Å². The molecule has 0 unspecified atom stereocenters. The predicted octanol–water partition coefficient (Wildman–Crippen LogP) is 2.74. The number of nitrogens with one attached hydrogen (secondary N) is 1. The molecule has 0 aliphatic carbocycles. The zero-order valence-corrected chi connectivity index (χ0v) is 17.4. The van der Waals surface area contributed by atoms with Gasteiger partial charge in [-0.3, -0.25) is 14.5 Å². The van der Waals surface area contributed by atoms with Crippen molar-refractivity contribution in [1.82, 2.24) is 10.3 Å². The average Bonchev–Trinajstić information content (AvgIpc) is 3.12. The second-order valence-electron chi connectivity index (χ2n) is 7.58. The molecule has 3 rings (SSSR count). The number of benzene rings is 1. The lowest BCUT2D eigenvalue weighted by Gasteiger charge is -2.30. The highest BCUT2D eigenvalue weighted by Crippen LogP contribution is 2.37. The molecule has 7 nitrogen and oxygen atoms in total. The van der Waals surface area contributed by atoms with Crippen molar-refractivity contribution in [2.45, 2.75) is 32.7 Å². The van der Waals surface area contributed by atoms with Crippen molar-refractivity contribution in [2.75, 3.05) is 31.8 Å². The minimum atomic E-state index is -0.247. The van der Waals surface area contributed by atoms with Crippen molar-refractivity contribution < 1.29 is 19.1 Å². The maximum atomic E-state index is 12.5. The molecule has 28 heavy (non-hydrogen) atoms. The van der Waals surface area contributed by atoms with Gasteiger partial charge in [0.1, 0.15) is 16.5 Å². The molecule has 2 heterocycles. The van der Waals surface area contributed by atoms with E-state index in [0.717, 1.165) is 11.3 Å². The van der Waals surface area contributed by atoms with Crippen LogP contribution in [0.4, 0.5) is 5.69 Å². The van der Waals surface area contributed by atoms with Gasteiger partial charge < -0.3 is 14.8 Å². The molecule has 0 spiro atoms. The SMILES string of the molecule is COCCNC(=O)c1csc(CN2C(=O)COc3ccc(C(C)(C)C)cc32)n1. The van der Waals surface area contributed by atoms with Crippen LogP contribution in [0, 0.1) is 0 Å². The topological polar surface area (TPSA) is 80.8 Å². The van der Waals surface area contributed by atoms with Crippen LogP contribution >= 0.6 is 11.3 Å². The first-order valence-electron chi connectivity index (χ1n) is 9.09. The minimum Gasteiger partial charge on any atom is -0.482 e. The van der Waals surface area contributed by atoms with E-state index in [1.54, 1.807) is 17.4 Å². The Balaban J connectivity index is 1.80. The van der Waals surface area contributed by atoms with E-state index < -0.39 is 0 Å². The number of ether oxygens (including phenoxy) is 2. The number of nitrogens with zero attached hydrogens (tertiary/aromatic N) is 2. The Hall–Kier alpha value is -2.45. The van der Waals surface area contributed by atoms with Crippen LogP contribution in [0.5, 0.6) is 5.75 Å². The number of hydrogen-bond acceptors (Lipinski definition) is 6. The van der Waals surface area contributed by atoms with Gasteiger partial charge in [0.15, 0.2) is 6.61 Å². The van der Waals surface area contributed by atoms with Crippen molar-refractivity contribution >= 4 is 28.8 Å². The van der Waals surface area contributed by atoms with E-state index in [0.29, 0.717) is 36.1 Å². The van der Waals surface area contributed by atoms with E-state index in [4.69, 9.17) is 9.47 Å². The zero-order chi connectivity index (χ0) is 20.3. The zero-order valence-electron chi connectivity index (χ0n) is 16.6. The predicted molar refractivity (Wildman–Crippen MR) is 108 cm³/mol. The van der Waals surface area contributed by atoms with Crippen LogP contribution in [0.1, 0.15) is 41.8 Å². The molecule has 0 saturated heterocycles. The highest BCUT2D eigenvalue weighted by atomic mass is 32.1. The van der Waals surface area contributed by atoms with Gasteiger partial charge in [-0.15, -0.1) is 11.3 Å². The van der Waals surface area contributed by atoms with E-state index in [1.165, 1.54) is 11.3 Å². The van der Waals surface area contributed by atoms with Gasteiger partial charge in [-0.1, -0.05) is 26.8 Å². The summed E-state index contributed by atoms with van der Waals surface area (Å²) in [5, 5.41) is 5.14. The summed E-state index contributed by atoms with van der Waals surface area (Å²) >= 11 is 1.36. The number of fused-ring (bicyclic) bond motifs is 1. The van der Waals surface area contributed by atoms with Crippen molar-refractivity contribution in [2.24, 2.45) is 0 Å². The minimum absolute atomic E-state index is 0.00238. The second-order valence-corrected chi connectivity index (χ2v) is 8.52. The number of hydrogen-bond donors (Lipinski definition) is 1. The van der Waals surface area contributed by atoms with E-state index in [1.807, 2.05) is 18.2 Å². The fourth-order valence-electron chi connectivity index (χ4n) is 2.82. The molecule has 150 valence electrons. The Kier molecular flexibility index (Phi) is 6.00. The Bertz CT molecular complexity index is 873. The van der Waals surface area contributed by atoms with E-state index in [2.05, 4.69) is 31.1 Å². The molecule has 0 atom stereocenters. The molecule has 0 bridgehead atoms. The maximum Gasteiger partial charge on any atom is 0.270 e. The van der Waals surface area contributed by atoms with Gasteiger partial charge in [0.2, 0.25) is 0 Å². The van der Waals surface area contributed by atoms with E-state index in [9.17, 15) is 9.59 Å².